The van der Waals surface area contributed by atoms with E-state index in [2.05, 4.69) is 5.32 Å². The van der Waals surface area contributed by atoms with Crippen molar-refractivity contribution in [3.8, 4) is 17.6 Å². The zero-order valence-corrected chi connectivity index (χ0v) is 13.2. The quantitative estimate of drug-likeness (QED) is 0.675. The minimum atomic E-state index is -0.715. The van der Waals surface area contributed by atoms with Gasteiger partial charge in [-0.2, -0.15) is 5.26 Å². The van der Waals surface area contributed by atoms with Crippen LogP contribution in [0, 0.1) is 17.1 Å². The number of hydrogen-bond donors (Lipinski definition) is 1. The van der Waals surface area contributed by atoms with Gasteiger partial charge >= 0.3 is 0 Å². The fourth-order valence-corrected chi connectivity index (χ4v) is 2.01. The first-order chi connectivity index (χ1) is 11.6. The van der Waals surface area contributed by atoms with Crippen LogP contribution in [0.3, 0.4) is 0 Å². The third kappa shape index (κ3) is 3.90. The van der Waals surface area contributed by atoms with Crippen molar-refractivity contribution in [2.45, 2.75) is 0 Å². The number of carbonyl (C=O) groups excluding carboxylic acids is 1. The molecule has 0 aromatic heterocycles. The highest BCUT2D eigenvalue weighted by molar-refractivity contribution is 6.09. The molecule has 0 aliphatic carbocycles. The first-order valence-corrected chi connectivity index (χ1v) is 6.98. The van der Waals surface area contributed by atoms with E-state index < -0.39 is 11.7 Å². The maximum absolute atomic E-state index is 13.6. The van der Waals surface area contributed by atoms with Gasteiger partial charge in [0.05, 0.1) is 19.9 Å². The van der Waals surface area contributed by atoms with E-state index in [0.29, 0.717) is 17.1 Å². The number of benzene rings is 2. The van der Waals surface area contributed by atoms with Gasteiger partial charge in [-0.05, 0) is 36.4 Å². The second kappa shape index (κ2) is 7.79. The molecule has 1 N–H and O–H groups in total. The van der Waals surface area contributed by atoms with Crippen LogP contribution in [0.5, 0.6) is 11.5 Å². The number of nitriles is 1. The SMILES string of the molecule is COc1ccc(OC)c(C=C(C#N)C(=O)Nc2ccccc2F)c1. The lowest BCUT2D eigenvalue weighted by Crippen LogP contribution is -2.14. The standard InChI is InChI=1S/C18H15FN2O3/c1-23-14-7-8-17(24-2)12(10-14)9-13(11-20)18(22)21-16-6-4-3-5-15(16)19/h3-10H,1-2H3,(H,21,22). The zero-order chi connectivity index (χ0) is 17.5. The molecule has 0 saturated carbocycles. The number of halogens is 1. The van der Waals surface area contributed by atoms with Crippen LogP contribution in [0.25, 0.3) is 6.08 Å². The summed E-state index contributed by atoms with van der Waals surface area (Å²) in [6.45, 7) is 0. The molecule has 0 unspecified atom stereocenters. The Morgan fingerprint density at radius 3 is 2.58 bits per heavy atom. The smallest absolute Gasteiger partial charge is 0.266 e. The molecule has 24 heavy (non-hydrogen) atoms. The lowest BCUT2D eigenvalue weighted by atomic mass is 10.1. The van der Waals surface area contributed by atoms with Gasteiger partial charge in [0, 0.05) is 5.56 Å². The molecule has 0 aliphatic rings. The van der Waals surface area contributed by atoms with Gasteiger partial charge in [-0.3, -0.25) is 4.79 Å². The molecular formula is C18H15FN2O3. The Kier molecular flexibility index (Phi) is 5.53. The maximum Gasteiger partial charge on any atom is 0.266 e. The number of nitrogens with one attached hydrogen (secondary N) is 1. The minimum Gasteiger partial charge on any atom is -0.497 e. The first kappa shape index (κ1) is 17.0. The zero-order valence-electron chi connectivity index (χ0n) is 13.2. The second-order valence-electron chi connectivity index (χ2n) is 4.71. The molecule has 2 aromatic carbocycles. The average Bonchev–Trinajstić information content (AvgIpc) is 2.61. The molecule has 2 aromatic rings. The third-order valence-corrected chi connectivity index (χ3v) is 3.22. The fourth-order valence-electron chi connectivity index (χ4n) is 2.01. The topological polar surface area (TPSA) is 71.3 Å². The van der Waals surface area contributed by atoms with Crippen molar-refractivity contribution in [3.63, 3.8) is 0 Å². The summed E-state index contributed by atoms with van der Waals surface area (Å²) < 4.78 is 23.9. The van der Waals surface area contributed by atoms with E-state index in [1.54, 1.807) is 24.3 Å². The van der Waals surface area contributed by atoms with Crippen molar-refractivity contribution >= 4 is 17.7 Å². The Hall–Kier alpha value is -3.33. The van der Waals surface area contributed by atoms with Crippen molar-refractivity contribution in [2.75, 3.05) is 19.5 Å². The number of para-hydroxylation sites is 1. The summed E-state index contributed by atoms with van der Waals surface area (Å²) in [5.74, 6) is -0.273. The van der Waals surface area contributed by atoms with Crippen LogP contribution in [0.2, 0.25) is 0 Å². The Morgan fingerprint density at radius 1 is 1.21 bits per heavy atom. The van der Waals surface area contributed by atoms with Crippen molar-refractivity contribution < 1.29 is 18.7 Å². The van der Waals surface area contributed by atoms with Crippen molar-refractivity contribution in [2.24, 2.45) is 0 Å². The summed E-state index contributed by atoms with van der Waals surface area (Å²) in [6.07, 6.45) is 1.36. The minimum absolute atomic E-state index is 0.00116. The van der Waals surface area contributed by atoms with Gasteiger partial charge in [0.15, 0.2) is 0 Å². The lowest BCUT2D eigenvalue weighted by Gasteiger charge is -2.09. The predicted octanol–water partition coefficient (Wildman–Crippen LogP) is 3.39. The molecule has 2 rings (SSSR count). The molecule has 5 nitrogen and oxygen atoms in total. The van der Waals surface area contributed by atoms with E-state index in [1.807, 2.05) is 6.07 Å². The monoisotopic (exact) mass is 326 g/mol. The summed E-state index contributed by atoms with van der Waals surface area (Å²) in [5.41, 5.74) is 0.308. The van der Waals surface area contributed by atoms with Gasteiger partial charge in [-0.1, -0.05) is 12.1 Å². The molecule has 0 fully saturated rings. The number of nitrogens with zero attached hydrogens (tertiary/aromatic N) is 1. The maximum atomic E-state index is 13.6. The largest absolute Gasteiger partial charge is 0.497 e. The van der Waals surface area contributed by atoms with E-state index in [1.165, 1.54) is 38.5 Å². The van der Waals surface area contributed by atoms with Crippen molar-refractivity contribution in [3.05, 3.63) is 59.4 Å². The van der Waals surface area contributed by atoms with E-state index in [-0.39, 0.29) is 11.3 Å². The third-order valence-electron chi connectivity index (χ3n) is 3.22. The van der Waals surface area contributed by atoms with Crippen LogP contribution >= 0.6 is 0 Å². The molecule has 1 amide bonds. The highest BCUT2D eigenvalue weighted by atomic mass is 19.1. The van der Waals surface area contributed by atoms with Gasteiger partial charge in [0.1, 0.15) is 29.0 Å². The lowest BCUT2D eigenvalue weighted by molar-refractivity contribution is -0.112. The summed E-state index contributed by atoms with van der Waals surface area (Å²) >= 11 is 0. The van der Waals surface area contributed by atoms with Crippen LogP contribution in [-0.4, -0.2) is 20.1 Å². The summed E-state index contributed by atoms with van der Waals surface area (Å²) in [5, 5.41) is 11.6. The highest BCUT2D eigenvalue weighted by Crippen LogP contribution is 2.26. The number of amides is 1. The number of ether oxygens (including phenoxy) is 2. The summed E-state index contributed by atoms with van der Waals surface area (Å²) in [4.78, 5) is 12.2. The number of hydrogen-bond acceptors (Lipinski definition) is 4. The molecule has 0 radical (unpaired) electrons. The first-order valence-electron chi connectivity index (χ1n) is 6.98. The van der Waals surface area contributed by atoms with Crippen LogP contribution < -0.4 is 14.8 Å². The predicted molar refractivity (Wildman–Crippen MR) is 88.2 cm³/mol. The number of anilines is 1. The molecule has 0 spiro atoms. The molecule has 0 atom stereocenters. The molecule has 122 valence electrons. The molecule has 0 bridgehead atoms. The van der Waals surface area contributed by atoms with Crippen LogP contribution in [-0.2, 0) is 4.79 Å². The number of rotatable bonds is 5. The summed E-state index contributed by atoms with van der Waals surface area (Å²) in [6, 6.07) is 12.5. The van der Waals surface area contributed by atoms with Crippen molar-refractivity contribution in [1.29, 1.82) is 5.26 Å². The Labute approximate surface area is 138 Å². The fraction of sp³-hybridized carbons (Fsp3) is 0.111. The number of methoxy groups -OCH3 is 2. The van der Waals surface area contributed by atoms with E-state index in [9.17, 15) is 14.4 Å². The van der Waals surface area contributed by atoms with Crippen LogP contribution in [0.4, 0.5) is 10.1 Å². The summed E-state index contributed by atoms with van der Waals surface area (Å²) in [7, 11) is 2.98. The second-order valence-corrected chi connectivity index (χ2v) is 4.71. The molecule has 0 heterocycles. The van der Waals surface area contributed by atoms with E-state index >= 15 is 0 Å². The van der Waals surface area contributed by atoms with Crippen LogP contribution in [0.15, 0.2) is 48.0 Å². The average molecular weight is 326 g/mol. The highest BCUT2D eigenvalue weighted by Gasteiger charge is 2.13. The Bertz CT molecular complexity index is 825. The molecule has 0 aliphatic heterocycles. The molecule has 6 heteroatoms. The molecular weight excluding hydrogens is 311 g/mol. The van der Waals surface area contributed by atoms with Gasteiger partial charge < -0.3 is 14.8 Å². The van der Waals surface area contributed by atoms with Gasteiger partial charge in [-0.15, -0.1) is 0 Å². The van der Waals surface area contributed by atoms with Gasteiger partial charge in [0.2, 0.25) is 0 Å². The van der Waals surface area contributed by atoms with E-state index in [4.69, 9.17) is 9.47 Å². The molecule has 0 saturated heterocycles. The van der Waals surface area contributed by atoms with Gasteiger partial charge in [-0.25, -0.2) is 4.39 Å². The van der Waals surface area contributed by atoms with Gasteiger partial charge in [0.25, 0.3) is 5.91 Å². The van der Waals surface area contributed by atoms with Crippen LogP contribution in [0.1, 0.15) is 5.56 Å². The number of carbonyl (C=O) groups is 1. The Balaban J connectivity index is 2.34. The normalized spacial score (nSPS) is 10.7. The Morgan fingerprint density at radius 2 is 1.96 bits per heavy atom. The van der Waals surface area contributed by atoms with E-state index in [0.717, 1.165) is 0 Å². The van der Waals surface area contributed by atoms with Crippen molar-refractivity contribution in [1.82, 2.24) is 0 Å².